The summed E-state index contributed by atoms with van der Waals surface area (Å²) in [5.74, 6) is 1.69. The van der Waals surface area contributed by atoms with Crippen LogP contribution in [0.25, 0.3) is 11.1 Å². The molecule has 152 valence electrons. The minimum absolute atomic E-state index is 0.00722. The number of hydrogen-bond donors (Lipinski definition) is 0. The van der Waals surface area contributed by atoms with E-state index in [0.717, 1.165) is 46.6 Å². The SMILES string of the molecule is CC1c2cc3c(cc2CCN1C(=O)c1ccc(-c2ccccc2)cc1)OCCCO3. The summed E-state index contributed by atoms with van der Waals surface area (Å²) in [5, 5.41) is 0. The number of ether oxygens (including phenoxy) is 2. The molecule has 2 aliphatic rings. The lowest BCUT2D eigenvalue weighted by Crippen LogP contribution is -2.38. The van der Waals surface area contributed by atoms with Crippen molar-refractivity contribution in [2.75, 3.05) is 19.8 Å². The first-order chi connectivity index (χ1) is 14.7. The van der Waals surface area contributed by atoms with Crippen LogP contribution in [0, 0.1) is 0 Å². The third kappa shape index (κ3) is 3.43. The van der Waals surface area contributed by atoms with Crippen LogP contribution in [-0.2, 0) is 6.42 Å². The lowest BCUT2D eigenvalue weighted by Gasteiger charge is -2.36. The molecule has 0 radical (unpaired) electrons. The summed E-state index contributed by atoms with van der Waals surface area (Å²) in [7, 11) is 0. The number of carbonyl (C=O) groups is 1. The lowest BCUT2D eigenvalue weighted by molar-refractivity contribution is 0.0677. The van der Waals surface area contributed by atoms with Crippen molar-refractivity contribution < 1.29 is 14.3 Å². The Morgan fingerprint density at radius 3 is 2.30 bits per heavy atom. The van der Waals surface area contributed by atoms with Gasteiger partial charge in [-0.3, -0.25) is 4.79 Å². The third-order valence-electron chi connectivity index (χ3n) is 6.05. The molecular weight excluding hydrogens is 374 g/mol. The molecule has 0 saturated heterocycles. The summed E-state index contributed by atoms with van der Waals surface area (Å²) in [6.07, 6.45) is 1.71. The summed E-state index contributed by atoms with van der Waals surface area (Å²) in [5.41, 5.74) is 5.39. The number of carbonyl (C=O) groups excluding carboxylic acids is 1. The number of nitrogens with zero attached hydrogens (tertiary/aromatic N) is 1. The van der Waals surface area contributed by atoms with Gasteiger partial charge in [-0.2, -0.15) is 0 Å². The Bertz CT molecular complexity index is 1060. The predicted molar refractivity (Wildman–Crippen MR) is 117 cm³/mol. The molecule has 4 nitrogen and oxygen atoms in total. The maximum atomic E-state index is 13.3. The van der Waals surface area contributed by atoms with Gasteiger partial charge in [-0.25, -0.2) is 0 Å². The second kappa shape index (κ2) is 7.86. The van der Waals surface area contributed by atoms with E-state index >= 15 is 0 Å². The summed E-state index contributed by atoms with van der Waals surface area (Å²) in [4.78, 5) is 15.2. The van der Waals surface area contributed by atoms with Crippen molar-refractivity contribution in [1.82, 2.24) is 4.90 Å². The zero-order valence-corrected chi connectivity index (χ0v) is 17.1. The number of benzene rings is 3. The van der Waals surface area contributed by atoms with Gasteiger partial charge < -0.3 is 14.4 Å². The predicted octanol–water partition coefficient (Wildman–Crippen LogP) is 5.27. The van der Waals surface area contributed by atoms with Crippen molar-refractivity contribution >= 4 is 5.91 Å². The Hall–Kier alpha value is -3.27. The van der Waals surface area contributed by atoms with Crippen LogP contribution in [0.4, 0.5) is 0 Å². The van der Waals surface area contributed by atoms with Crippen LogP contribution >= 0.6 is 0 Å². The number of hydrogen-bond acceptors (Lipinski definition) is 3. The first-order valence-electron chi connectivity index (χ1n) is 10.6. The Kier molecular flexibility index (Phi) is 4.91. The molecule has 3 aromatic rings. The summed E-state index contributed by atoms with van der Waals surface area (Å²) in [6.45, 7) is 4.15. The maximum Gasteiger partial charge on any atom is 0.254 e. The first-order valence-corrected chi connectivity index (χ1v) is 10.6. The van der Waals surface area contributed by atoms with Crippen LogP contribution in [0.15, 0.2) is 66.7 Å². The highest BCUT2D eigenvalue weighted by atomic mass is 16.5. The second-order valence-corrected chi connectivity index (χ2v) is 7.92. The molecule has 2 aliphatic heterocycles. The molecule has 1 amide bonds. The van der Waals surface area contributed by atoms with E-state index in [1.54, 1.807) is 0 Å². The number of rotatable bonds is 2. The van der Waals surface area contributed by atoms with Crippen LogP contribution in [0.1, 0.15) is 40.9 Å². The van der Waals surface area contributed by atoms with Gasteiger partial charge in [-0.15, -0.1) is 0 Å². The Labute approximate surface area is 177 Å². The van der Waals surface area contributed by atoms with Crippen molar-refractivity contribution in [3.05, 3.63) is 83.4 Å². The molecule has 1 unspecified atom stereocenters. The van der Waals surface area contributed by atoms with Gasteiger partial charge in [0.2, 0.25) is 0 Å². The fraction of sp³-hybridized carbons (Fsp3) is 0.269. The minimum atomic E-state index is -0.00722. The molecule has 0 fully saturated rings. The van der Waals surface area contributed by atoms with Gasteiger partial charge in [0, 0.05) is 18.5 Å². The highest BCUT2D eigenvalue weighted by Crippen LogP contribution is 2.39. The highest BCUT2D eigenvalue weighted by molar-refractivity contribution is 5.95. The molecule has 0 spiro atoms. The molecule has 0 aliphatic carbocycles. The van der Waals surface area contributed by atoms with Crippen LogP contribution in [-0.4, -0.2) is 30.6 Å². The molecule has 0 N–H and O–H groups in total. The first kappa shape index (κ1) is 18.7. The van der Waals surface area contributed by atoms with E-state index in [-0.39, 0.29) is 11.9 Å². The van der Waals surface area contributed by atoms with Crippen molar-refractivity contribution in [2.24, 2.45) is 0 Å². The average Bonchev–Trinajstić information content (AvgIpc) is 3.03. The zero-order chi connectivity index (χ0) is 20.5. The average molecular weight is 399 g/mol. The minimum Gasteiger partial charge on any atom is -0.490 e. The zero-order valence-electron chi connectivity index (χ0n) is 17.1. The van der Waals surface area contributed by atoms with E-state index in [1.165, 1.54) is 5.56 Å². The third-order valence-corrected chi connectivity index (χ3v) is 6.05. The molecular formula is C26H25NO3. The van der Waals surface area contributed by atoms with Gasteiger partial charge in [0.05, 0.1) is 19.3 Å². The Morgan fingerprint density at radius 2 is 1.57 bits per heavy atom. The monoisotopic (exact) mass is 399 g/mol. The summed E-state index contributed by atoms with van der Waals surface area (Å²) >= 11 is 0. The largest absolute Gasteiger partial charge is 0.490 e. The van der Waals surface area contributed by atoms with E-state index in [4.69, 9.17) is 9.47 Å². The Morgan fingerprint density at radius 1 is 0.900 bits per heavy atom. The van der Waals surface area contributed by atoms with Gasteiger partial charge in [0.1, 0.15) is 0 Å². The van der Waals surface area contributed by atoms with Gasteiger partial charge in [0.25, 0.3) is 5.91 Å². The molecule has 1 atom stereocenters. The maximum absolute atomic E-state index is 13.3. The summed E-state index contributed by atoms with van der Waals surface area (Å²) < 4.78 is 11.7. The van der Waals surface area contributed by atoms with Crippen molar-refractivity contribution in [3.8, 4) is 22.6 Å². The van der Waals surface area contributed by atoms with Crippen LogP contribution in [0.3, 0.4) is 0 Å². The van der Waals surface area contributed by atoms with Gasteiger partial charge >= 0.3 is 0 Å². The van der Waals surface area contributed by atoms with E-state index in [1.807, 2.05) is 47.4 Å². The van der Waals surface area contributed by atoms with Crippen LogP contribution in [0.5, 0.6) is 11.5 Å². The number of fused-ring (bicyclic) bond motifs is 2. The second-order valence-electron chi connectivity index (χ2n) is 7.92. The molecule has 30 heavy (non-hydrogen) atoms. The number of amides is 1. The molecule has 2 heterocycles. The molecule has 4 heteroatoms. The lowest BCUT2D eigenvalue weighted by atomic mass is 9.92. The van der Waals surface area contributed by atoms with Gasteiger partial charge in [-0.05, 0) is 59.9 Å². The Balaban J connectivity index is 1.39. The van der Waals surface area contributed by atoms with Crippen LogP contribution < -0.4 is 9.47 Å². The molecule has 3 aromatic carbocycles. The molecule has 0 saturated carbocycles. The molecule has 0 aromatic heterocycles. The fourth-order valence-electron chi connectivity index (χ4n) is 4.35. The highest BCUT2D eigenvalue weighted by Gasteiger charge is 2.30. The standard InChI is InChI=1S/C26H25NO3/c1-18-23-17-25-24(29-14-5-15-30-25)16-22(23)12-13-27(18)26(28)21-10-8-20(9-11-21)19-6-3-2-4-7-19/h2-4,6-11,16-18H,5,12-15H2,1H3. The van der Waals surface area contributed by atoms with E-state index < -0.39 is 0 Å². The molecule has 5 rings (SSSR count). The van der Waals surface area contributed by atoms with E-state index in [2.05, 4.69) is 31.2 Å². The van der Waals surface area contributed by atoms with Crippen LogP contribution in [0.2, 0.25) is 0 Å². The normalized spacial score (nSPS) is 17.8. The van der Waals surface area contributed by atoms with E-state index in [9.17, 15) is 4.79 Å². The van der Waals surface area contributed by atoms with E-state index in [0.29, 0.717) is 19.8 Å². The topological polar surface area (TPSA) is 38.8 Å². The fourth-order valence-corrected chi connectivity index (χ4v) is 4.35. The quantitative estimate of drug-likeness (QED) is 0.589. The molecule has 0 bridgehead atoms. The van der Waals surface area contributed by atoms with Crippen molar-refractivity contribution in [3.63, 3.8) is 0 Å². The van der Waals surface area contributed by atoms with Gasteiger partial charge in [-0.1, -0.05) is 42.5 Å². The van der Waals surface area contributed by atoms with Crippen molar-refractivity contribution in [2.45, 2.75) is 25.8 Å². The van der Waals surface area contributed by atoms with Gasteiger partial charge in [0.15, 0.2) is 11.5 Å². The smallest absolute Gasteiger partial charge is 0.254 e. The van der Waals surface area contributed by atoms with Crippen molar-refractivity contribution in [1.29, 1.82) is 0 Å². The summed E-state index contributed by atoms with van der Waals surface area (Å²) in [6, 6.07) is 22.3.